The van der Waals surface area contributed by atoms with Gasteiger partial charge in [0, 0.05) is 72.5 Å². The second-order valence-corrected chi connectivity index (χ2v) is 26.5. The molecule has 3 aliphatic rings. The fourth-order valence-electron chi connectivity index (χ4n) is 10.8. The van der Waals surface area contributed by atoms with E-state index in [9.17, 15) is 28.8 Å². The van der Waals surface area contributed by atoms with Crippen LogP contribution in [0.3, 0.4) is 0 Å². The van der Waals surface area contributed by atoms with Gasteiger partial charge in [0.25, 0.3) is 17.7 Å². The van der Waals surface area contributed by atoms with Crippen LogP contribution >= 0.6 is 0 Å². The first-order valence-corrected chi connectivity index (χ1v) is 27.0. The molecule has 0 aromatic carbocycles. The van der Waals surface area contributed by atoms with Gasteiger partial charge in [0.2, 0.25) is 17.7 Å². The van der Waals surface area contributed by atoms with Gasteiger partial charge in [-0.1, -0.05) is 0 Å². The quantitative estimate of drug-likeness (QED) is 0.0715. The minimum absolute atomic E-state index is 0.177. The lowest BCUT2D eigenvalue weighted by Gasteiger charge is -2.52. The second kappa shape index (κ2) is 24.3. The average molecular weight is 1040 g/mol. The van der Waals surface area contributed by atoms with E-state index in [1.54, 1.807) is 62.3 Å². The maximum atomic E-state index is 13.6. The van der Waals surface area contributed by atoms with E-state index >= 15 is 0 Å². The van der Waals surface area contributed by atoms with E-state index in [2.05, 4.69) is 115 Å². The van der Waals surface area contributed by atoms with Gasteiger partial charge in [0.15, 0.2) is 18.3 Å². The van der Waals surface area contributed by atoms with Crippen LogP contribution in [0.5, 0.6) is 0 Å². The number of rotatable bonds is 24. The van der Waals surface area contributed by atoms with E-state index in [4.69, 9.17) is 14.5 Å². The topological polar surface area (TPSA) is 215 Å². The van der Waals surface area contributed by atoms with E-state index in [1.165, 1.54) is 0 Å². The van der Waals surface area contributed by atoms with Crippen molar-refractivity contribution in [1.29, 1.82) is 0 Å². The van der Waals surface area contributed by atoms with Gasteiger partial charge in [0.05, 0.1) is 0 Å². The molecule has 422 valence electrons. The van der Waals surface area contributed by atoms with E-state index in [0.29, 0.717) is 19.6 Å². The summed E-state index contributed by atoms with van der Waals surface area (Å²) in [5.74, 6) is -2.47. The van der Waals surface area contributed by atoms with Gasteiger partial charge < -0.3 is 31.9 Å². The predicted octanol–water partition coefficient (Wildman–Crippen LogP) is 5.41. The molecule has 0 aromatic rings. The van der Waals surface area contributed by atoms with Crippen molar-refractivity contribution >= 4 is 35.4 Å². The molecule has 3 aliphatic heterocycles. The number of nitrogens with one attached hydrogen (secondary N) is 6. The SMILES string of the molecule is CC(ON1C(C)(C)CCCC1(C)C)C(=O)NC(C)(C)C(=O)NCCN(CCNC(=O)C(C)(C)NC(=O)C(C)ON1C(C)(C)CCCC1(C)C)CCNC(=O)C(C)(C)NC(=O)C(C)ON1C(C)(C)CCCC1(C)C. The van der Waals surface area contributed by atoms with Crippen molar-refractivity contribution in [2.24, 2.45) is 0 Å². The van der Waals surface area contributed by atoms with Crippen molar-refractivity contribution in [2.75, 3.05) is 39.3 Å². The highest BCUT2D eigenvalue weighted by molar-refractivity contribution is 5.93. The fraction of sp³-hybridized carbons (Fsp3) is 0.889. The van der Waals surface area contributed by atoms with Crippen molar-refractivity contribution in [2.45, 2.75) is 271 Å². The summed E-state index contributed by atoms with van der Waals surface area (Å²) in [5.41, 5.74) is -5.49. The van der Waals surface area contributed by atoms with Crippen LogP contribution in [0.25, 0.3) is 0 Å². The Morgan fingerprint density at radius 3 is 0.795 bits per heavy atom. The molecule has 3 saturated heterocycles. The number of carbonyl (C=O) groups is 6. The zero-order valence-electron chi connectivity index (χ0n) is 49.3. The van der Waals surface area contributed by atoms with Crippen molar-refractivity contribution in [3.05, 3.63) is 0 Å². The molecule has 0 bridgehead atoms. The molecule has 0 aromatic heterocycles. The zero-order chi connectivity index (χ0) is 56.0. The van der Waals surface area contributed by atoms with Crippen LogP contribution in [0.2, 0.25) is 0 Å². The van der Waals surface area contributed by atoms with Gasteiger partial charge in [-0.2, -0.15) is 15.2 Å². The van der Waals surface area contributed by atoms with Gasteiger partial charge in [-0.05, 0) is 203 Å². The maximum Gasteiger partial charge on any atom is 0.251 e. The lowest BCUT2D eigenvalue weighted by Crippen LogP contribution is -2.62. The molecule has 0 saturated carbocycles. The van der Waals surface area contributed by atoms with Crippen LogP contribution in [0.15, 0.2) is 0 Å². The molecule has 19 nitrogen and oxygen atoms in total. The van der Waals surface area contributed by atoms with E-state index in [-0.39, 0.29) is 52.9 Å². The monoisotopic (exact) mass is 1030 g/mol. The summed E-state index contributed by atoms with van der Waals surface area (Å²) in [7, 11) is 0. The van der Waals surface area contributed by atoms with E-state index in [1.807, 2.05) is 20.1 Å². The first kappa shape index (κ1) is 63.8. The molecule has 19 heteroatoms. The van der Waals surface area contributed by atoms with Crippen LogP contribution < -0.4 is 31.9 Å². The molecule has 73 heavy (non-hydrogen) atoms. The Kier molecular flexibility index (Phi) is 21.2. The number of carbonyl (C=O) groups excluding carboxylic acids is 6. The molecule has 3 fully saturated rings. The highest BCUT2D eigenvalue weighted by Crippen LogP contribution is 2.41. The second-order valence-electron chi connectivity index (χ2n) is 26.5. The summed E-state index contributed by atoms with van der Waals surface area (Å²) in [6.07, 6.45) is 6.19. The molecule has 0 aliphatic carbocycles. The van der Waals surface area contributed by atoms with Crippen LogP contribution in [0.4, 0.5) is 0 Å². The Labute approximate surface area is 440 Å². The molecule has 3 atom stereocenters. The molecule has 6 amide bonds. The Morgan fingerprint density at radius 1 is 0.411 bits per heavy atom. The number of piperidine rings is 3. The first-order chi connectivity index (χ1) is 33.1. The van der Waals surface area contributed by atoms with Gasteiger partial charge in [0.1, 0.15) is 16.6 Å². The number of hydrogen-bond acceptors (Lipinski definition) is 13. The first-order valence-electron chi connectivity index (χ1n) is 27.0. The molecule has 3 unspecified atom stereocenters. The summed E-state index contributed by atoms with van der Waals surface area (Å²) in [5, 5.41) is 23.2. The van der Waals surface area contributed by atoms with Crippen LogP contribution in [-0.4, -0.2) is 163 Å². The third kappa shape index (κ3) is 17.5. The predicted molar refractivity (Wildman–Crippen MR) is 285 cm³/mol. The highest BCUT2D eigenvalue weighted by atomic mass is 16.7. The van der Waals surface area contributed by atoms with E-state index in [0.717, 1.165) is 57.8 Å². The van der Waals surface area contributed by atoms with E-state index < -0.39 is 70.4 Å². The third-order valence-electron chi connectivity index (χ3n) is 15.1. The number of nitrogens with zero attached hydrogens (tertiary/aromatic N) is 4. The van der Waals surface area contributed by atoms with Crippen molar-refractivity contribution in [1.82, 2.24) is 52.0 Å². The maximum absolute atomic E-state index is 13.6. The number of hydrogen-bond donors (Lipinski definition) is 6. The Bertz CT molecular complexity index is 1670. The van der Waals surface area contributed by atoms with Crippen molar-refractivity contribution < 1.29 is 43.3 Å². The van der Waals surface area contributed by atoms with Gasteiger partial charge >= 0.3 is 0 Å². The summed E-state index contributed by atoms with van der Waals surface area (Å²) < 4.78 is 0. The molecule has 0 spiro atoms. The molecular formula is C54H102N10O9. The lowest BCUT2D eigenvalue weighted by atomic mass is 9.82. The lowest BCUT2D eigenvalue weighted by molar-refractivity contribution is -0.296. The normalized spacial score (nSPS) is 22.3. The van der Waals surface area contributed by atoms with Crippen LogP contribution in [0.1, 0.15) is 203 Å². The summed E-state index contributed by atoms with van der Waals surface area (Å²) in [6, 6.07) is 0. The largest absolute Gasteiger partial charge is 0.353 e. The highest BCUT2D eigenvalue weighted by Gasteiger charge is 2.47. The van der Waals surface area contributed by atoms with Gasteiger partial charge in [-0.3, -0.25) is 48.2 Å². The Balaban J connectivity index is 1.65. The minimum Gasteiger partial charge on any atom is -0.353 e. The molecule has 3 heterocycles. The summed E-state index contributed by atoms with van der Waals surface area (Å²) in [6.45, 7) is 41.6. The Hall–Kier alpha value is -3.46. The molecule has 0 radical (unpaired) electrons. The fourth-order valence-corrected chi connectivity index (χ4v) is 10.8. The summed E-state index contributed by atoms with van der Waals surface area (Å²) in [4.78, 5) is 102. The van der Waals surface area contributed by atoms with Gasteiger partial charge in [-0.25, -0.2) is 0 Å². The van der Waals surface area contributed by atoms with Gasteiger partial charge in [-0.15, -0.1) is 0 Å². The smallest absolute Gasteiger partial charge is 0.251 e. The Morgan fingerprint density at radius 2 is 0.603 bits per heavy atom. The minimum atomic E-state index is -1.29. The molecular weight excluding hydrogens is 933 g/mol. The number of amides is 6. The third-order valence-corrected chi connectivity index (χ3v) is 15.1. The summed E-state index contributed by atoms with van der Waals surface area (Å²) >= 11 is 0. The standard InChI is InChI=1S/C54H102N10O9/c1-37(71-62-46(4,5)25-22-26-47(62,6)7)40(65)58-52(16,17)43(68)55-31-34-61(35-32-56-44(69)53(18,19)59-41(66)38(2)72-63-48(8,9)27-23-28-49(63,10)11)36-33-57-45(70)54(20,21)60-42(67)39(3)73-64-50(12,13)29-24-30-51(64,14)15/h37-39H,22-36H2,1-21H3,(H,55,68)(H,56,69)(H,57,70)(H,58,65)(H,59,66)(H,60,67). The zero-order valence-corrected chi connectivity index (χ0v) is 49.3. The average Bonchev–Trinajstić information content (AvgIpc) is 3.23. The van der Waals surface area contributed by atoms with Crippen LogP contribution in [0, 0.1) is 0 Å². The van der Waals surface area contributed by atoms with Crippen LogP contribution in [-0.2, 0) is 43.3 Å². The number of hydroxylamine groups is 6. The molecule has 3 rings (SSSR count). The van der Waals surface area contributed by atoms with Crippen molar-refractivity contribution in [3.63, 3.8) is 0 Å². The molecule has 6 N–H and O–H groups in total. The van der Waals surface area contributed by atoms with Crippen molar-refractivity contribution in [3.8, 4) is 0 Å².